The van der Waals surface area contributed by atoms with Crippen molar-refractivity contribution < 1.29 is 37.7 Å². The highest BCUT2D eigenvalue weighted by atomic mass is 35.5. The molecule has 2 rings (SSSR count). The maximum Gasteiger partial charge on any atom is 0.323 e. The van der Waals surface area contributed by atoms with Crippen LogP contribution in [0.4, 0.5) is 13.6 Å². The monoisotopic (exact) mass is 552 g/mol. The number of alkyl halides is 1. The normalized spacial score (nSPS) is 11.7. The van der Waals surface area contributed by atoms with Gasteiger partial charge < -0.3 is 14.2 Å². The van der Waals surface area contributed by atoms with E-state index in [0.29, 0.717) is 5.02 Å². The number of amides is 4. The first-order chi connectivity index (χ1) is 16.5. The number of hydroxylamine groups is 1. The van der Waals surface area contributed by atoms with Crippen LogP contribution in [0.25, 0.3) is 0 Å². The van der Waals surface area contributed by atoms with Crippen molar-refractivity contribution in [2.45, 2.75) is 4.90 Å². The predicted octanol–water partition coefficient (Wildman–Crippen LogP) is 2.65. The van der Waals surface area contributed by atoms with E-state index in [-0.39, 0.29) is 23.7 Å². The number of carbonyl (C=O) groups excluding carboxylic acids is 3. The molecule has 0 aliphatic rings. The van der Waals surface area contributed by atoms with Crippen molar-refractivity contribution in [3.8, 4) is 11.5 Å². The van der Waals surface area contributed by atoms with Gasteiger partial charge in [0.25, 0.3) is 5.91 Å². The molecule has 190 valence electrons. The highest BCUT2D eigenvalue weighted by molar-refractivity contribution is 7.89. The van der Waals surface area contributed by atoms with Crippen LogP contribution in [0.2, 0.25) is 5.02 Å². The van der Waals surface area contributed by atoms with Crippen LogP contribution in [0.3, 0.4) is 0 Å². The lowest BCUT2D eigenvalue weighted by atomic mass is 10.3. The van der Waals surface area contributed by atoms with E-state index in [0.717, 1.165) is 21.3 Å². The van der Waals surface area contributed by atoms with Crippen LogP contribution >= 0.6 is 23.2 Å². The Labute approximate surface area is 212 Å². The molecule has 0 aliphatic carbocycles. The Balaban J connectivity index is 2.19. The molecule has 35 heavy (non-hydrogen) atoms. The van der Waals surface area contributed by atoms with Gasteiger partial charge >= 0.3 is 6.03 Å². The van der Waals surface area contributed by atoms with Crippen molar-refractivity contribution in [3.63, 3.8) is 0 Å². The first kappa shape index (κ1) is 28.6. The van der Waals surface area contributed by atoms with Gasteiger partial charge in [-0.1, -0.05) is 11.6 Å². The lowest BCUT2D eigenvalue weighted by molar-refractivity contribution is -0.129. The Morgan fingerprint density at radius 3 is 2.26 bits per heavy atom. The standard InChI is InChI=1S/C20H20Cl2F2N4O6S/c1-27(20(31)25-17(29)10-21)6-7-28(11-18(30)26-32)35(33)14-8-15(23)19(16(24)9-14)34-13-4-2-12(22)3-5-13/h2-5,8-9,32H,6-7,10-11H2,1H3,(H,26,30)(H,25,29,31). The molecule has 2 aromatic carbocycles. The van der Waals surface area contributed by atoms with Crippen LogP contribution in [0.5, 0.6) is 11.5 Å². The summed E-state index contributed by atoms with van der Waals surface area (Å²) in [4.78, 5) is 35.5. The zero-order valence-corrected chi connectivity index (χ0v) is 20.4. The van der Waals surface area contributed by atoms with Crippen LogP contribution in [-0.2, 0) is 21.0 Å². The molecule has 0 saturated heterocycles. The summed E-state index contributed by atoms with van der Waals surface area (Å²) in [5, 5.41) is 11.2. The highest BCUT2D eigenvalue weighted by Gasteiger charge is 2.29. The molecular weight excluding hydrogens is 533 g/mol. The van der Waals surface area contributed by atoms with E-state index in [1.54, 1.807) is 0 Å². The minimum Gasteiger partial charge on any atom is -0.593 e. The number of imide groups is 1. The summed E-state index contributed by atoms with van der Waals surface area (Å²) >= 11 is 8.79. The first-order valence-corrected chi connectivity index (χ1v) is 11.7. The van der Waals surface area contributed by atoms with E-state index >= 15 is 0 Å². The number of carbonyl (C=O) groups is 3. The number of hydrogen-bond donors (Lipinski definition) is 3. The van der Waals surface area contributed by atoms with Crippen LogP contribution in [0, 0.1) is 11.6 Å². The number of rotatable bonds is 10. The smallest absolute Gasteiger partial charge is 0.323 e. The van der Waals surface area contributed by atoms with E-state index in [1.165, 1.54) is 36.8 Å². The SMILES string of the molecule is CN(CCN(CC(=O)NO)[S+]([O-])c1cc(F)c(Oc2ccc(Cl)cc2)c(F)c1)C(=O)NC(=O)CCl. The summed E-state index contributed by atoms with van der Waals surface area (Å²) in [7, 11) is 1.31. The third-order valence-electron chi connectivity index (χ3n) is 4.29. The van der Waals surface area contributed by atoms with Gasteiger partial charge in [-0.3, -0.25) is 20.1 Å². The van der Waals surface area contributed by atoms with Crippen LogP contribution in [-0.4, -0.2) is 69.4 Å². The number of likely N-dealkylation sites (N-methyl/N-ethyl adjacent to an activating group) is 1. The minimum atomic E-state index is -2.30. The molecule has 3 N–H and O–H groups in total. The summed E-state index contributed by atoms with van der Waals surface area (Å²) in [6.45, 7) is -1.05. The summed E-state index contributed by atoms with van der Waals surface area (Å²) in [6, 6.07) is 6.44. The fraction of sp³-hybridized carbons (Fsp3) is 0.250. The maximum absolute atomic E-state index is 14.6. The minimum absolute atomic E-state index is 0.108. The number of urea groups is 1. The molecule has 10 nitrogen and oxygen atoms in total. The Bertz CT molecular complexity index is 1040. The lowest BCUT2D eigenvalue weighted by Gasteiger charge is -2.25. The number of benzene rings is 2. The first-order valence-electron chi connectivity index (χ1n) is 9.68. The number of hydrogen-bond acceptors (Lipinski definition) is 7. The third kappa shape index (κ3) is 8.49. The van der Waals surface area contributed by atoms with Gasteiger partial charge in [0.1, 0.15) is 18.2 Å². The number of halogens is 4. The summed E-state index contributed by atoms with van der Waals surface area (Å²) in [5.41, 5.74) is 1.36. The molecule has 0 radical (unpaired) electrons. The Morgan fingerprint density at radius 1 is 1.11 bits per heavy atom. The number of ether oxygens (including phenoxy) is 1. The van der Waals surface area contributed by atoms with Crippen molar-refractivity contribution in [1.82, 2.24) is 20.0 Å². The van der Waals surface area contributed by atoms with Crippen molar-refractivity contribution >= 4 is 52.4 Å². The number of nitrogens with one attached hydrogen (secondary N) is 2. The van der Waals surface area contributed by atoms with Crippen LogP contribution in [0.1, 0.15) is 0 Å². The van der Waals surface area contributed by atoms with Gasteiger partial charge in [0.15, 0.2) is 22.3 Å². The van der Waals surface area contributed by atoms with Crippen molar-refractivity contribution in [2.24, 2.45) is 0 Å². The molecule has 0 fully saturated rings. The molecule has 15 heteroatoms. The van der Waals surface area contributed by atoms with Crippen molar-refractivity contribution in [1.29, 1.82) is 0 Å². The van der Waals surface area contributed by atoms with Gasteiger partial charge in [-0.05, 0) is 24.3 Å². The average molecular weight is 553 g/mol. The van der Waals surface area contributed by atoms with Crippen molar-refractivity contribution in [2.75, 3.05) is 32.6 Å². The van der Waals surface area contributed by atoms with Gasteiger partial charge in [-0.15, -0.1) is 15.9 Å². The average Bonchev–Trinajstić information content (AvgIpc) is 2.83. The second kappa shape index (κ2) is 13.4. The van der Waals surface area contributed by atoms with E-state index in [1.807, 2.05) is 5.32 Å². The zero-order chi connectivity index (χ0) is 26.1. The Hall–Kier alpha value is -2.68. The van der Waals surface area contributed by atoms with Gasteiger partial charge in [0.05, 0.1) is 17.9 Å². The Kier molecular flexibility index (Phi) is 10.9. The molecule has 0 spiro atoms. The largest absolute Gasteiger partial charge is 0.593 e. The van der Waals surface area contributed by atoms with E-state index < -0.39 is 59.0 Å². The lowest BCUT2D eigenvalue weighted by Crippen LogP contribution is -2.47. The molecule has 1 unspecified atom stereocenters. The third-order valence-corrected chi connectivity index (χ3v) is 6.20. The van der Waals surface area contributed by atoms with E-state index in [9.17, 15) is 27.7 Å². The van der Waals surface area contributed by atoms with Gasteiger partial charge in [-0.2, -0.15) is 0 Å². The molecule has 4 amide bonds. The summed E-state index contributed by atoms with van der Waals surface area (Å²) in [6.07, 6.45) is 0. The quantitative estimate of drug-likeness (QED) is 0.178. The fourth-order valence-electron chi connectivity index (χ4n) is 2.53. The Morgan fingerprint density at radius 2 is 1.71 bits per heavy atom. The summed E-state index contributed by atoms with van der Waals surface area (Å²) < 4.78 is 48.4. The fourth-order valence-corrected chi connectivity index (χ4v) is 3.91. The zero-order valence-electron chi connectivity index (χ0n) is 18.1. The maximum atomic E-state index is 14.6. The second-order valence-corrected chi connectivity index (χ2v) is 9.02. The molecular formula is C20H20Cl2F2N4O6S. The second-order valence-electron chi connectivity index (χ2n) is 6.83. The molecule has 2 aromatic rings. The van der Waals surface area contributed by atoms with Gasteiger partial charge in [0, 0.05) is 30.7 Å². The van der Waals surface area contributed by atoms with E-state index in [4.69, 9.17) is 33.1 Å². The van der Waals surface area contributed by atoms with Crippen LogP contribution in [0.15, 0.2) is 41.3 Å². The molecule has 0 saturated carbocycles. The molecule has 0 bridgehead atoms. The predicted molar refractivity (Wildman–Crippen MR) is 123 cm³/mol. The molecule has 0 aromatic heterocycles. The summed E-state index contributed by atoms with van der Waals surface area (Å²) in [5.74, 6) is -5.11. The molecule has 0 heterocycles. The molecule has 1 atom stereocenters. The molecule has 0 aliphatic heterocycles. The van der Waals surface area contributed by atoms with Crippen molar-refractivity contribution in [3.05, 3.63) is 53.1 Å². The van der Waals surface area contributed by atoms with Gasteiger partial charge in [-0.25, -0.2) is 19.1 Å². The van der Waals surface area contributed by atoms with E-state index in [2.05, 4.69) is 0 Å². The van der Waals surface area contributed by atoms with Crippen LogP contribution < -0.4 is 15.5 Å². The number of nitrogens with zero attached hydrogens (tertiary/aromatic N) is 2. The topological polar surface area (TPSA) is 134 Å². The highest BCUT2D eigenvalue weighted by Crippen LogP contribution is 2.31. The van der Waals surface area contributed by atoms with Gasteiger partial charge in [0.2, 0.25) is 5.91 Å².